The molecule has 0 fully saturated rings. The summed E-state index contributed by atoms with van der Waals surface area (Å²) in [6.45, 7) is 4.39. The van der Waals surface area contributed by atoms with Crippen molar-refractivity contribution in [3.05, 3.63) is 17.0 Å². The summed E-state index contributed by atoms with van der Waals surface area (Å²) in [5.41, 5.74) is 0.851. The predicted molar refractivity (Wildman–Crippen MR) is 67.5 cm³/mol. The Kier molecular flexibility index (Phi) is 5.61. The van der Waals surface area contributed by atoms with E-state index in [2.05, 4.69) is 15.3 Å². The van der Waals surface area contributed by atoms with Crippen molar-refractivity contribution in [2.75, 3.05) is 25.6 Å². The molecule has 1 aromatic rings. The second kappa shape index (κ2) is 6.74. The zero-order valence-corrected chi connectivity index (χ0v) is 11.0. The van der Waals surface area contributed by atoms with Gasteiger partial charge in [-0.25, -0.2) is 9.97 Å². The fourth-order valence-corrected chi connectivity index (χ4v) is 1.89. The lowest BCUT2D eigenvalue weighted by molar-refractivity contribution is 0.153. The summed E-state index contributed by atoms with van der Waals surface area (Å²) < 4.78 is 5.00. The molecule has 0 aliphatic heterocycles. The molecule has 0 amide bonds. The molecule has 0 aliphatic rings. The van der Waals surface area contributed by atoms with Crippen LogP contribution >= 0.6 is 11.6 Å². The number of aromatic nitrogens is 2. The summed E-state index contributed by atoms with van der Waals surface area (Å²) in [4.78, 5) is 8.12. The molecule has 0 spiro atoms. The molecule has 0 bridgehead atoms. The van der Waals surface area contributed by atoms with E-state index in [9.17, 15) is 5.11 Å². The van der Waals surface area contributed by atoms with E-state index >= 15 is 0 Å². The number of aliphatic hydroxyl groups excluding tert-OH is 1. The van der Waals surface area contributed by atoms with Crippen molar-refractivity contribution in [2.24, 2.45) is 0 Å². The summed E-state index contributed by atoms with van der Waals surface area (Å²) >= 11 is 6.04. The zero-order valence-electron chi connectivity index (χ0n) is 10.3. The summed E-state index contributed by atoms with van der Waals surface area (Å²) in [6, 6.07) is -0.205. The van der Waals surface area contributed by atoms with Gasteiger partial charge in [-0.3, -0.25) is 0 Å². The minimum absolute atomic E-state index is 0.0347. The minimum atomic E-state index is -0.205. The number of nitrogens with one attached hydrogen (secondary N) is 1. The highest BCUT2D eigenvalue weighted by Crippen LogP contribution is 2.28. The van der Waals surface area contributed by atoms with Crippen LogP contribution in [0, 0.1) is 0 Å². The lowest BCUT2D eigenvalue weighted by Gasteiger charge is -2.19. The SMILES string of the molecule is COCC(CO)Nc1ncnc(Cl)c1C(C)C. The highest BCUT2D eigenvalue weighted by Gasteiger charge is 2.16. The van der Waals surface area contributed by atoms with Crippen LogP contribution in [0.25, 0.3) is 0 Å². The third-order valence-corrected chi connectivity index (χ3v) is 2.64. The Hall–Kier alpha value is -0.910. The fraction of sp³-hybridized carbons (Fsp3) is 0.636. The molecule has 0 saturated carbocycles. The largest absolute Gasteiger partial charge is 0.394 e. The van der Waals surface area contributed by atoms with Gasteiger partial charge in [0.25, 0.3) is 0 Å². The maximum Gasteiger partial charge on any atom is 0.138 e. The molecule has 1 heterocycles. The van der Waals surface area contributed by atoms with Crippen LogP contribution in [0.1, 0.15) is 25.3 Å². The monoisotopic (exact) mass is 259 g/mol. The first-order chi connectivity index (χ1) is 8.10. The topological polar surface area (TPSA) is 67.3 Å². The highest BCUT2D eigenvalue weighted by molar-refractivity contribution is 6.30. The van der Waals surface area contributed by atoms with Crippen LogP contribution in [0.4, 0.5) is 5.82 Å². The minimum Gasteiger partial charge on any atom is -0.394 e. The number of halogens is 1. The average molecular weight is 260 g/mol. The van der Waals surface area contributed by atoms with Gasteiger partial charge in [-0.05, 0) is 5.92 Å². The van der Waals surface area contributed by atoms with Crippen LogP contribution in [0.3, 0.4) is 0 Å². The van der Waals surface area contributed by atoms with Gasteiger partial charge in [-0.2, -0.15) is 0 Å². The average Bonchev–Trinajstić information content (AvgIpc) is 2.28. The van der Waals surface area contributed by atoms with Crippen LogP contribution < -0.4 is 5.32 Å². The predicted octanol–water partition coefficient (Wildman–Crippen LogP) is 1.67. The Morgan fingerprint density at radius 2 is 2.18 bits per heavy atom. The lowest BCUT2D eigenvalue weighted by atomic mass is 10.1. The van der Waals surface area contributed by atoms with E-state index in [4.69, 9.17) is 16.3 Å². The molecular weight excluding hydrogens is 242 g/mol. The normalized spacial score (nSPS) is 12.8. The molecule has 17 heavy (non-hydrogen) atoms. The van der Waals surface area contributed by atoms with Crippen LogP contribution in [0.2, 0.25) is 5.15 Å². The standard InChI is InChI=1S/C11H18ClN3O2/c1-7(2)9-10(12)13-6-14-11(9)15-8(4-16)5-17-3/h6-8,16H,4-5H2,1-3H3,(H,13,14,15). The molecule has 1 aromatic heterocycles. The smallest absolute Gasteiger partial charge is 0.138 e. The van der Waals surface area contributed by atoms with E-state index in [0.717, 1.165) is 5.56 Å². The van der Waals surface area contributed by atoms with Gasteiger partial charge in [-0.1, -0.05) is 25.4 Å². The first-order valence-corrected chi connectivity index (χ1v) is 5.84. The Morgan fingerprint density at radius 3 is 2.71 bits per heavy atom. The first kappa shape index (κ1) is 14.2. The van der Waals surface area contributed by atoms with E-state index in [1.807, 2.05) is 13.8 Å². The van der Waals surface area contributed by atoms with Crippen molar-refractivity contribution in [3.8, 4) is 0 Å². The van der Waals surface area contributed by atoms with E-state index < -0.39 is 0 Å². The Bertz CT molecular complexity index is 361. The molecule has 1 rings (SSSR count). The second-order valence-corrected chi connectivity index (χ2v) is 4.42. The number of anilines is 1. The number of hydrogen-bond acceptors (Lipinski definition) is 5. The van der Waals surface area contributed by atoms with Crippen LogP contribution in [-0.2, 0) is 4.74 Å². The molecule has 5 nitrogen and oxygen atoms in total. The number of rotatable bonds is 6. The molecule has 2 N–H and O–H groups in total. The van der Waals surface area contributed by atoms with Gasteiger partial charge in [0.05, 0.1) is 19.3 Å². The Labute approximate surface area is 106 Å². The van der Waals surface area contributed by atoms with E-state index in [-0.39, 0.29) is 18.6 Å². The number of hydrogen-bond donors (Lipinski definition) is 2. The molecule has 6 heteroatoms. The zero-order chi connectivity index (χ0) is 12.8. The summed E-state index contributed by atoms with van der Waals surface area (Å²) in [7, 11) is 1.58. The van der Waals surface area contributed by atoms with Crippen LogP contribution in [0.5, 0.6) is 0 Å². The van der Waals surface area contributed by atoms with E-state index in [1.165, 1.54) is 6.33 Å². The maximum atomic E-state index is 9.20. The summed E-state index contributed by atoms with van der Waals surface area (Å²) in [6.07, 6.45) is 1.40. The van der Waals surface area contributed by atoms with E-state index in [1.54, 1.807) is 7.11 Å². The third-order valence-electron chi connectivity index (χ3n) is 2.34. The van der Waals surface area contributed by atoms with Gasteiger partial charge in [-0.15, -0.1) is 0 Å². The molecule has 96 valence electrons. The molecule has 0 saturated heterocycles. The van der Waals surface area contributed by atoms with Crippen molar-refractivity contribution in [1.29, 1.82) is 0 Å². The van der Waals surface area contributed by atoms with Gasteiger partial charge in [0.2, 0.25) is 0 Å². The van der Waals surface area contributed by atoms with Crippen LogP contribution in [-0.4, -0.2) is 41.4 Å². The lowest BCUT2D eigenvalue weighted by Crippen LogP contribution is -2.30. The van der Waals surface area contributed by atoms with Crippen molar-refractivity contribution >= 4 is 17.4 Å². The molecule has 1 atom stereocenters. The number of methoxy groups -OCH3 is 1. The Morgan fingerprint density at radius 1 is 1.47 bits per heavy atom. The summed E-state index contributed by atoms with van der Waals surface area (Å²) in [5, 5.41) is 12.7. The first-order valence-electron chi connectivity index (χ1n) is 5.46. The second-order valence-electron chi connectivity index (χ2n) is 4.06. The molecule has 1 unspecified atom stereocenters. The quantitative estimate of drug-likeness (QED) is 0.761. The molecule has 0 radical (unpaired) electrons. The number of aliphatic hydroxyl groups is 1. The maximum absolute atomic E-state index is 9.20. The van der Waals surface area contributed by atoms with Crippen molar-refractivity contribution in [3.63, 3.8) is 0 Å². The van der Waals surface area contributed by atoms with Crippen molar-refractivity contribution in [2.45, 2.75) is 25.8 Å². The number of nitrogens with zero attached hydrogens (tertiary/aromatic N) is 2. The molecular formula is C11H18ClN3O2. The van der Waals surface area contributed by atoms with Crippen LogP contribution in [0.15, 0.2) is 6.33 Å². The molecule has 0 aliphatic carbocycles. The molecule has 0 aromatic carbocycles. The van der Waals surface area contributed by atoms with Gasteiger partial charge in [0.15, 0.2) is 0 Å². The fourth-order valence-electron chi connectivity index (χ4n) is 1.54. The third kappa shape index (κ3) is 3.80. The van der Waals surface area contributed by atoms with E-state index in [0.29, 0.717) is 17.6 Å². The number of ether oxygens (including phenoxy) is 1. The van der Waals surface area contributed by atoms with Crippen molar-refractivity contribution < 1.29 is 9.84 Å². The highest BCUT2D eigenvalue weighted by atomic mass is 35.5. The summed E-state index contributed by atoms with van der Waals surface area (Å²) in [5.74, 6) is 0.851. The Balaban J connectivity index is 2.93. The van der Waals surface area contributed by atoms with Gasteiger partial charge in [0.1, 0.15) is 17.3 Å². The van der Waals surface area contributed by atoms with Gasteiger partial charge >= 0.3 is 0 Å². The van der Waals surface area contributed by atoms with Gasteiger partial charge in [0, 0.05) is 12.7 Å². The van der Waals surface area contributed by atoms with Crippen molar-refractivity contribution in [1.82, 2.24) is 9.97 Å². The van der Waals surface area contributed by atoms with Gasteiger partial charge < -0.3 is 15.2 Å².